The highest BCUT2D eigenvalue weighted by molar-refractivity contribution is 6.03. The number of esters is 1. The van der Waals surface area contributed by atoms with Gasteiger partial charge in [0.05, 0.1) is 23.6 Å². The lowest BCUT2D eigenvalue weighted by molar-refractivity contribution is 0.0524. The lowest BCUT2D eigenvalue weighted by Gasteiger charge is -2.17. The van der Waals surface area contributed by atoms with Gasteiger partial charge >= 0.3 is 5.97 Å². The third-order valence-electron chi connectivity index (χ3n) is 3.95. The molecule has 0 unspecified atom stereocenters. The van der Waals surface area contributed by atoms with E-state index in [-0.39, 0.29) is 0 Å². The van der Waals surface area contributed by atoms with Gasteiger partial charge in [-0.15, -0.1) is 0 Å². The minimum absolute atomic E-state index is 0.325. The molecule has 6 heteroatoms. The molecule has 0 aliphatic heterocycles. The largest absolute Gasteiger partial charge is 0.462 e. The predicted molar refractivity (Wildman–Crippen MR) is 92.3 cm³/mol. The van der Waals surface area contributed by atoms with Crippen LogP contribution in [0, 0.1) is 6.92 Å². The van der Waals surface area contributed by atoms with Crippen molar-refractivity contribution in [2.45, 2.75) is 33.1 Å². The van der Waals surface area contributed by atoms with Gasteiger partial charge in [-0.05, 0) is 38.7 Å². The van der Waals surface area contributed by atoms with Gasteiger partial charge < -0.3 is 4.74 Å². The molecule has 6 nitrogen and oxygen atoms in total. The number of rotatable bonds is 4. The number of hydrazone groups is 1. The van der Waals surface area contributed by atoms with E-state index in [0.29, 0.717) is 23.8 Å². The molecule has 0 saturated carbocycles. The minimum atomic E-state index is -0.408. The molecule has 0 atom stereocenters. The van der Waals surface area contributed by atoms with Gasteiger partial charge in [-0.2, -0.15) is 5.10 Å². The topological polar surface area (TPSA) is 76.5 Å². The number of nitrogens with zero attached hydrogens (tertiary/aromatic N) is 3. The number of anilines is 1. The second-order valence-corrected chi connectivity index (χ2v) is 5.59. The Morgan fingerprint density at radius 2 is 2.17 bits per heavy atom. The molecule has 0 radical (unpaired) electrons. The molecule has 1 N–H and O–H groups in total. The maximum Gasteiger partial charge on any atom is 0.341 e. The molecular formula is C18H20N4O2. The summed E-state index contributed by atoms with van der Waals surface area (Å²) in [5.74, 6) is -0.0369. The molecule has 1 aliphatic carbocycles. The molecule has 1 heterocycles. The lowest BCUT2D eigenvalue weighted by atomic mass is 9.90. The predicted octanol–water partition coefficient (Wildman–Crippen LogP) is 3.11. The Morgan fingerprint density at radius 3 is 2.96 bits per heavy atom. The molecule has 2 aromatic rings. The standard InChI is InChI=1S/C18H20N4O2/c1-3-24-17(23)15-11-19-18(20-12(15)2)22-21-16-10-6-8-13-7-4-5-9-14(13)16/h4-5,7,9,11H,3,6,8,10H2,1-2H3,(H,19,20,22). The van der Waals surface area contributed by atoms with Crippen LogP contribution in [-0.2, 0) is 11.2 Å². The zero-order valence-corrected chi connectivity index (χ0v) is 13.9. The maximum absolute atomic E-state index is 11.8. The maximum atomic E-state index is 11.8. The monoisotopic (exact) mass is 324 g/mol. The number of nitrogens with one attached hydrogen (secondary N) is 1. The summed E-state index contributed by atoms with van der Waals surface area (Å²) in [6.07, 6.45) is 4.56. The fourth-order valence-corrected chi connectivity index (χ4v) is 2.76. The summed E-state index contributed by atoms with van der Waals surface area (Å²) in [4.78, 5) is 20.2. The average molecular weight is 324 g/mol. The molecule has 3 rings (SSSR count). The van der Waals surface area contributed by atoms with Crippen LogP contribution in [0.25, 0.3) is 0 Å². The van der Waals surface area contributed by atoms with Gasteiger partial charge in [-0.25, -0.2) is 20.2 Å². The van der Waals surface area contributed by atoms with Gasteiger partial charge in [0, 0.05) is 11.8 Å². The molecule has 0 fully saturated rings. The van der Waals surface area contributed by atoms with E-state index in [2.05, 4.69) is 38.7 Å². The van der Waals surface area contributed by atoms with Gasteiger partial charge in [0.2, 0.25) is 5.95 Å². The Balaban J connectivity index is 1.78. The van der Waals surface area contributed by atoms with Crippen molar-refractivity contribution in [3.63, 3.8) is 0 Å². The lowest BCUT2D eigenvalue weighted by Crippen LogP contribution is -2.14. The van der Waals surface area contributed by atoms with Crippen LogP contribution >= 0.6 is 0 Å². The van der Waals surface area contributed by atoms with Crippen molar-refractivity contribution in [2.24, 2.45) is 5.10 Å². The van der Waals surface area contributed by atoms with Gasteiger partial charge in [0.1, 0.15) is 0 Å². The third kappa shape index (κ3) is 3.42. The average Bonchev–Trinajstić information content (AvgIpc) is 2.60. The highest BCUT2D eigenvalue weighted by atomic mass is 16.5. The summed E-state index contributed by atoms with van der Waals surface area (Å²) < 4.78 is 4.98. The SMILES string of the molecule is CCOC(=O)c1cnc(NN=C2CCCc3ccccc32)nc1C. The number of aryl methyl sites for hydroxylation is 2. The minimum Gasteiger partial charge on any atom is -0.462 e. The Morgan fingerprint density at radius 1 is 1.33 bits per heavy atom. The van der Waals surface area contributed by atoms with E-state index in [1.54, 1.807) is 13.8 Å². The molecule has 1 aromatic heterocycles. The van der Waals surface area contributed by atoms with Crippen molar-refractivity contribution in [1.29, 1.82) is 0 Å². The quantitative estimate of drug-likeness (QED) is 0.691. The molecule has 0 amide bonds. The van der Waals surface area contributed by atoms with Crippen LogP contribution in [0.5, 0.6) is 0 Å². The third-order valence-corrected chi connectivity index (χ3v) is 3.95. The van der Waals surface area contributed by atoms with Crippen LogP contribution in [-0.4, -0.2) is 28.3 Å². The van der Waals surface area contributed by atoms with E-state index in [1.807, 2.05) is 6.07 Å². The number of ether oxygens (including phenoxy) is 1. The van der Waals surface area contributed by atoms with Crippen LogP contribution in [0.4, 0.5) is 5.95 Å². The van der Waals surface area contributed by atoms with E-state index < -0.39 is 5.97 Å². The first-order valence-corrected chi connectivity index (χ1v) is 8.10. The van der Waals surface area contributed by atoms with E-state index in [9.17, 15) is 4.79 Å². The highest BCUT2D eigenvalue weighted by Crippen LogP contribution is 2.21. The first-order chi connectivity index (χ1) is 11.7. The van der Waals surface area contributed by atoms with Crippen molar-refractivity contribution in [3.8, 4) is 0 Å². The number of benzene rings is 1. The van der Waals surface area contributed by atoms with E-state index in [0.717, 1.165) is 25.0 Å². The molecule has 1 aliphatic rings. The van der Waals surface area contributed by atoms with Crippen molar-refractivity contribution < 1.29 is 9.53 Å². The number of fused-ring (bicyclic) bond motifs is 1. The second-order valence-electron chi connectivity index (χ2n) is 5.59. The fourth-order valence-electron chi connectivity index (χ4n) is 2.76. The normalized spacial score (nSPS) is 15.0. The number of carbonyl (C=O) groups is 1. The van der Waals surface area contributed by atoms with Gasteiger partial charge in [-0.3, -0.25) is 0 Å². The number of hydrogen-bond acceptors (Lipinski definition) is 6. The van der Waals surface area contributed by atoms with Gasteiger partial charge in [0.25, 0.3) is 0 Å². The Hall–Kier alpha value is -2.76. The number of carbonyl (C=O) groups excluding carboxylic acids is 1. The van der Waals surface area contributed by atoms with Crippen molar-refractivity contribution in [1.82, 2.24) is 9.97 Å². The summed E-state index contributed by atoms with van der Waals surface area (Å²) in [6, 6.07) is 8.30. The van der Waals surface area contributed by atoms with Crippen LogP contribution in [0.3, 0.4) is 0 Å². The number of hydrogen-bond donors (Lipinski definition) is 1. The summed E-state index contributed by atoms with van der Waals surface area (Å²) >= 11 is 0. The number of aromatic nitrogens is 2. The molecule has 0 bridgehead atoms. The molecular weight excluding hydrogens is 304 g/mol. The zero-order chi connectivity index (χ0) is 16.9. The summed E-state index contributed by atoms with van der Waals surface area (Å²) in [5, 5.41) is 4.47. The summed E-state index contributed by atoms with van der Waals surface area (Å²) in [6.45, 7) is 3.84. The first kappa shape index (κ1) is 16.1. The molecule has 0 saturated heterocycles. The van der Waals surface area contributed by atoms with E-state index in [1.165, 1.54) is 17.3 Å². The van der Waals surface area contributed by atoms with Crippen LogP contribution < -0.4 is 5.43 Å². The molecule has 0 spiro atoms. The van der Waals surface area contributed by atoms with Crippen molar-refractivity contribution in [3.05, 3.63) is 52.8 Å². The Kier molecular flexibility index (Phi) is 4.84. The van der Waals surface area contributed by atoms with Gasteiger partial charge in [0.15, 0.2) is 0 Å². The second kappa shape index (κ2) is 7.21. The first-order valence-electron chi connectivity index (χ1n) is 8.10. The molecule has 24 heavy (non-hydrogen) atoms. The molecule has 1 aromatic carbocycles. The van der Waals surface area contributed by atoms with E-state index in [4.69, 9.17) is 4.74 Å². The zero-order valence-electron chi connectivity index (χ0n) is 13.9. The summed E-state index contributed by atoms with van der Waals surface area (Å²) in [7, 11) is 0. The highest BCUT2D eigenvalue weighted by Gasteiger charge is 2.15. The van der Waals surface area contributed by atoms with Crippen LogP contribution in [0.15, 0.2) is 35.6 Å². The summed E-state index contributed by atoms with van der Waals surface area (Å²) in [5.41, 5.74) is 7.35. The van der Waals surface area contributed by atoms with Crippen LogP contribution in [0.1, 0.15) is 46.9 Å². The Bertz CT molecular complexity index is 786. The van der Waals surface area contributed by atoms with Gasteiger partial charge in [-0.1, -0.05) is 24.3 Å². The fraction of sp³-hybridized carbons (Fsp3) is 0.333. The smallest absolute Gasteiger partial charge is 0.341 e. The molecule has 124 valence electrons. The van der Waals surface area contributed by atoms with E-state index >= 15 is 0 Å². The van der Waals surface area contributed by atoms with Crippen LogP contribution in [0.2, 0.25) is 0 Å². The Labute approximate surface area is 141 Å². The van der Waals surface area contributed by atoms with Crippen molar-refractivity contribution in [2.75, 3.05) is 12.0 Å². The van der Waals surface area contributed by atoms with Crippen molar-refractivity contribution >= 4 is 17.6 Å².